The molecule has 3 rings (SSSR count). The van der Waals surface area contributed by atoms with Gasteiger partial charge in [-0.1, -0.05) is 23.7 Å². The van der Waals surface area contributed by atoms with Crippen molar-refractivity contribution < 1.29 is 4.79 Å². The second kappa shape index (κ2) is 7.64. The molecule has 24 heavy (non-hydrogen) atoms. The van der Waals surface area contributed by atoms with Crippen LogP contribution in [0.3, 0.4) is 0 Å². The van der Waals surface area contributed by atoms with Crippen LogP contribution in [0.4, 0.5) is 11.4 Å². The molecule has 0 aliphatic carbocycles. The minimum atomic E-state index is 0.203. The molecule has 0 unspecified atom stereocenters. The molecule has 0 radical (unpaired) electrons. The van der Waals surface area contributed by atoms with Crippen LogP contribution in [0.15, 0.2) is 48.5 Å². The van der Waals surface area contributed by atoms with Crippen molar-refractivity contribution in [3.8, 4) is 0 Å². The molecule has 0 aromatic heterocycles. The molecule has 2 aromatic carbocycles. The Morgan fingerprint density at radius 2 is 1.83 bits per heavy atom. The van der Waals surface area contributed by atoms with Gasteiger partial charge in [0.25, 0.3) is 0 Å². The van der Waals surface area contributed by atoms with Gasteiger partial charge >= 0.3 is 0 Å². The Hall–Kier alpha value is -2.11. The lowest BCUT2D eigenvalue weighted by Gasteiger charge is -2.16. The number of halogens is 1. The van der Waals surface area contributed by atoms with Crippen LogP contribution < -0.4 is 15.5 Å². The van der Waals surface area contributed by atoms with Crippen molar-refractivity contribution in [3.05, 3.63) is 59.1 Å². The average Bonchev–Trinajstić information content (AvgIpc) is 3.02. The zero-order valence-electron chi connectivity index (χ0n) is 13.1. The molecule has 1 fully saturated rings. The highest BCUT2D eigenvalue weighted by Gasteiger charge is 2.21. The predicted octanol–water partition coefficient (Wildman–Crippen LogP) is 3.95. The van der Waals surface area contributed by atoms with E-state index in [1.807, 2.05) is 53.4 Å². The largest absolute Gasteiger partial charge is 0.358 e. The Kier molecular flexibility index (Phi) is 5.33. The normalized spacial score (nSPS) is 13.9. The highest BCUT2D eigenvalue weighted by Crippen LogP contribution is 2.21. The molecular formula is C18H18ClN3OS. The first-order valence-corrected chi connectivity index (χ1v) is 8.60. The molecule has 1 amide bonds. The van der Waals surface area contributed by atoms with Crippen molar-refractivity contribution in [1.29, 1.82) is 0 Å². The van der Waals surface area contributed by atoms with Gasteiger partial charge in [0.15, 0.2) is 5.11 Å². The SMILES string of the molecule is O=C1CCCN1c1ccc(CNC(=S)Nc2ccc(Cl)cc2)cc1. The van der Waals surface area contributed by atoms with E-state index in [2.05, 4.69) is 10.6 Å². The highest BCUT2D eigenvalue weighted by molar-refractivity contribution is 7.80. The van der Waals surface area contributed by atoms with Crippen LogP contribution in [0, 0.1) is 0 Å². The third-order valence-corrected chi connectivity index (χ3v) is 4.37. The molecule has 1 heterocycles. The minimum absolute atomic E-state index is 0.203. The molecule has 1 aliphatic rings. The number of thiocarbonyl (C=S) groups is 1. The third kappa shape index (κ3) is 4.24. The van der Waals surface area contributed by atoms with E-state index in [0.717, 1.165) is 29.9 Å². The van der Waals surface area contributed by atoms with E-state index in [4.69, 9.17) is 23.8 Å². The van der Waals surface area contributed by atoms with E-state index in [1.54, 1.807) is 0 Å². The summed E-state index contributed by atoms with van der Waals surface area (Å²) in [5.74, 6) is 0.203. The summed E-state index contributed by atoms with van der Waals surface area (Å²) in [6.45, 7) is 1.43. The fourth-order valence-corrected chi connectivity index (χ4v) is 2.92. The molecule has 0 saturated carbocycles. The Morgan fingerprint density at radius 3 is 2.46 bits per heavy atom. The predicted molar refractivity (Wildman–Crippen MR) is 103 cm³/mol. The molecule has 124 valence electrons. The van der Waals surface area contributed by atoms with Crippen LogP contribution in [0.5, 0.6) is 0 Å². The monoisotopic (exact) mass is 359 g/mol. The quantitative estimate of drug-likeness (QED) is 0.811. The molecule has 0 spiro atoms. The van der Waals surface area contributed by atoms with Crippen LogP contribution in [0.2, 0.25) is 5.02 Å². The summed E-state index contributed by atoms with van der Waals surface area (Å²) >= 11 is 11.1. The zero-order valence-corrected chi connectivity index (χ0v) is 14.7. The van der Waals surface area contributed by atoms with Crippen molar-refractivity contribution in [2.45, 2.75) is 19.4 Å². The van der Waals surface area contributed by atoms with Gasteiger partial charge in [-0.3, -0.25) is 4.79 Å². The minimum Gasteiger partial charge on any atom is -0.358 e. The smallest absolute Gasteiger partial charge is 0.227 e. The maximum Gasteiger partial charge on any atom is 0.227 e. The van der Waals surface area contributed by atoms with Gasteiger partial charge in [-0.25, -0.2) is 0 Å². The van der Waals surface area contributed by atoms with Crippen molar-refractivity contribution in [1.82, 2.24) is 5.32 Å². The van der Waals surface area contributed by atoms with Gasteiger partial charge < -0.3 is 15.5 Å². The fourth-order valence-electron chi connectivity index (χ4n) is 2.61. The third-order valence-electron chi connectivity index (χ3n) is 3.88. The molecular weight excluding hydrogens is 342 g/mol. The Morgan fingerprint density at radius 1 is 1.12 bits per heavy atom. The molecule has 2 N–H and O–H groups in total. The van der Waals surface area contributed by atoms with Crippen LogP contribution >= 0.6 is 23.8 Å². The first-order chi connectivity index (χ1) is 11.6. The fraction of sp³-hybridized carbons (Fsp3) is 0.222. The lowest BCUT2D eigenvalue weighted by atomic mass is 10.2. The molecule has 6 heteroatoms. The van der Waals surface area contributed by atoms with Gasteiger partial charge in [-0.2, -0.15) is 0 Å². The second-order valence-electron chi connectivity index (χ2n) is 5.63. The van der Waals surface area contributed by atoms with Gasteiger partial charge in [-0.15, -0.1) is 0 Å². The Labute approximate surface area is 151 Å². The lowest BCUT2D eigenvalue weighted by molar-refractivity contribution is -0.117. The van der Waals surface area contributed by atoms with Crippen LogP contribution in [-0.2, 0) is 11.3 Å². The molecule has 0 atom stereocenters. The van der Waals surface area contributed by atoms with Crippen molar-refractivity contribution in [3.63, 3.8) is 0 Å². The maximum atomic E-state index is 11.7. The molecule has 4 nitrogen and oxygen atoms in total. The second-order valence-corrected chi connectivity index (χ2v) is 6.47. The molecule has 1 aliphatic heterocycles. The van der Waals surface area contributed by atoms with E-state index in [-0.39, 0.29) is 5.91 Å². The van der Waals surface area contributed by atoms with E-state index in [1.165, 1.54) is 0 Å². The topological polar surface area (TPSA) is 44.4 Å². The number of nitrogens with zero attached hydrogens (tertiary/aromatic N) is 1. The Balaban J connectivity index is 1.51. The highest BCUT2D eigenvalue weighted by atomic mass is 35.5. The first-order valence-electron chi connectivity index (χ1n) is 7.81. The van der Waals surface area contributed by atoms with E-state index in [9.17, 15) is 4.79 Å². The number of benzene rings is 2. The summed E-state index contributed by atoms with van der Waals surface area (Å²) in [6.07, 6.45) is 1.58. The zero-order chi connectivity index (χ0) is 16.9. The lowest BCUT2D eigenvalue weighted by Crippen LogP contribution is -2.28. The summed E-state index contributed by atoms with van der Waals surface area (Å²) in [5, 5.41) is 7.52. The van der Waals surface area contributed by atoms with Gasteiger partial charge in [0.2, 0.25) is 5.91 Å². The summed E-state index contributed by atoms with van der Waals surface area (Å²) in [4.78, 5) is 13.6. The Bertz CT molecular complexity index is 731. The van der Waals surface area contributed by atoms with Crippen LogP contribution in [-0.4, -0.2) is 17.6 Å². The summed E-state index contributed by atoms with van der Waals surface area (Å²) < 4.78 is 0. The maximum absolute atomic E-state index is 11.7. The number of rotatable bonds is 4. The first kappa shape index (κ1) is 16.7. The van der Waals surface area contributed by atoms with Crippen molar-refractivity contribution >= 4 is 46.2 Å². The van der Waals surface area contributed by atoms with Gasteiger partial charge in [0.1, 0.15) is 0 Å². The molecule has 1 saturated heterocycles. The summed E-state index contributed by atoms with van der Waals surface area (Å²) in [6, 6.07) is 15.4. The summed E-state index contributed by atoms with van der Waals surface area (Å²) in [5.41, 5.74) is 2.95. The number of carbonyl (C=O) groups is 1. The van der Waals surface area contributed by atoms with Crippen molar-refractivity contribution in [2.75, 3.05) is 16.8 Å². The average molecular weight is 360 g/mol. The van der Waals surface area contributed by atoms with E-state index < -0.39 is 0 Å². The number of hydrogen-bond acceptors (Lipinski definition) is 2. The van der Waals surface area contributed by atoms with Gasteiger partial charge in [-0.05, 0) is 60.6 Å². The number of carbonyl (C=O) groups excluding carboxylic acids is 1. The van der Waals surface area contributed by atoms with Crippen LogP contribution in [0.1, 0.15) is 18.4 Å². The standard InChI is InChI=1S/C18H18ClN3OS/c19-14-5-7-15(8-6-14)21-18(24)20-12-13-3-9-16(10-4-13)22-11-1-2-17(22)23/h3-10H,1-2,11-12H2,(H2,20,21,24). The number of nitrogens with one attached hydrogen (secondary N) is 2. The number of hydrogen-bond donors (Lipinski definition) is 2. The van der Waals surface area contributed by atoms with E-state index in [0.29, 0.717) is 23.1 Å². The molecule has 2 aromatic rings. The van der Waals surface area contributed by atoms with Gasteiger partial charge in [0, 0.05) is 35.9 Å². The number of amides is 1. The van der Waals surface area contributed by atoms with Crippen LogP contribution in [0.25, 0.3) is 0 Å². The van der Waals surface area contributed by atoms with Crippen molar-refractivity contribution in [2.24, 2.45) is 0 Å². The van der Waals surface area contributed by atoms with E-state index >= 15 is 0 Å². The van der Waals surface area contributed by atoms with Gasteiger partial charge in [0.05, 0.1) is 0 Å². The number of anilines is 2. The molecule has 0 bridgehead atoms. The summed E-state index contributed by atoms with van der Waals surface area (Å²) in [7, 11) is 0.